The molecule has 0 atom stereocenters. The van der Waals surface area contributed by atoms with Crippen molar-refractivity contribution in [3.05, 3.63) is 0 Å². The number of piperidine rings is 1. The van der Waals surface area contributed by atoms with E-state index in [4.69, 9.17) is 0 Å². The van der Waals surface area contributed by atoms with Gasteiger partial charge < -0.3 is 10.2 Å². The van der Waals surface area contributed by atoms with Crippen molar-refractivity contribution < 1.29 is 9.59 Å². The molecule has 1 aliphatic carbocycles. The van der Waals surface area contributed by atoms with Crippen molar-refractivity contribution in [2.75, 3.05) is 26.7 Å². The van der Waals surface area contributed by atoms with Crippen LogP contribution in [0.4, 0.5) is 0 Å². The van der Waals surface area contributed by atoms with Gasteiger partial charge in [0, 0.05) is 45.6 Å². The van der Waals surface area contributed by atoms with Gasteiger partial charge in [-0.2, -0.15) is 5.10 Å². The van der Waals surface area contributed by atoms with Gasteiger partial charge in [-0.15, -0.1) is 0 Å². The zero-order valence-electron chi connectivity index (χ0n) is 14.8. The summed E-state index contributed by atoms with van der Waals surface area (Å²) in [5.41, 5.74) is 0.488. The van der Waals surface area contributed by atoms with Crippen LogP contribution < -0.4 is 5.32 Å². The Balaban J connectivity index is 1.41. The molecule has 1 saturated carbocycles. The Morgan fingerprint density at radius 2 is 1.83 bits per heavy atom. The molecular formula is C18H30N4O2. The molecule has 0 spiro atoms. The number of hydrazone groups is 1. The highest BCUT2D eigenvalue weighted by atomic mass is 16.2. The van der Waals surface area contributed by atoms with Gasteiger partial charge in [-0.1, -0.05) is 19.3 Å². The van der Waals surface area contributed by atoms with Crippen LogP contribution in [0.25, 0.3) is 0 Å². The average Bonchev–Trinajstić information content (AvgIpc) is 2.60. The summed E-state index contributed by atoms with van der Waals surface area (Å²) in [4.78, 5) is 26.3. The lowest BCUT2D eigenvalue weighted by molar-refractivity contribution is -0.130. The molecule has 134 valence electrons. The van der Waals surface area contributed by atoms with Crippen molar-refractivity contribution in [2.45, 2.75) is 63.8 Å². The summed E-state index contributed by atoms with van der Waals surface area (Å²) in [7, 11) is 1.61. The van der Waals surface area contributed by atoms with Crippen LogP contribution in [0, 0.1) is 5.92 Å². The molecule has 3 aliphatic rings. The smallest absolute Gasteiger partial charge is 0.267 e. The molecule has 1 saturated heterocycles. The fourth-order valence-corrected chi connectivity index (χ4v) is 4.10. The molecule has 0 aromatic heterocycles. The first kappa shape index (κ1) is 17.4. The van der Waals surface area contributed by atoms with Crippen LogP contribution in [0.15, 0.2) is 5.10 Å². The lowest BCUT2D eigenvalue weighted by atomic mass is 9.88. The normalized spacial score (nSPS) is 24.8. The number of carbonyl (C=O) groups excluding carboxylic acids is 2. The van der Waals surface area contributed by atoms with Gasteiger partial charge in [-0.05, 0) is 31.6 Å². The zero-order valence-corrected chi connectivity index (χ0v) is 14.8. The minimum atomic E-state index is -0.0971. The lowest BCUT2D eigenvalue weighted by Crippen LogP contribution is -2.48. The number of likely N-dealkylation sites (tertiary alicyclic amines) is 1. The zero-order chi connectivity index (χ0) is 16.9. The van der Waals surface area contributed by atoms with Gasteiger partial charge in [0.25, 0.3) is 5.91 Å². The van der Waals surface area contributed by atoms with E-state index >= 15 is 0 Å². The molecule has 6 nitrogen and oxygen atoms in total. The summed E-state index contributed by atoms with van der Waals surface area (Å²) in [5.74, 6) is 0.761. The lowest BCUT2D eigenvalue weighted by Gasteiger charge is -2.35. The third-order valence-corrected chi connectivity index (χ3v) is 5.63. The second kappa shape index (κ2) is 8.10. The molecule has 2 fully saturated rings. The van der Waals surface area contributed by atoms with Crippen LogP contribution in [0.3, 0.4) is 0 Å². The van der Waals surface area contributed by atoms with E-state index in [-0.39, 0.29) is 17.9 Å². The SMILES string of the molecule is CN1N=C(C(=O)NC2CCN(CC3CCCCC3)CC2)CCC1=O. The van der Waals surface area contributed by atoms with E-state index in [1.807, 2.05) is 0 Å². The first-order valence-corrected chi connectivity index (χ1v) is 9.49. The maximum atomic E-state index is 12.3. The van der Waals surface area contributed by atoms with Crippen LogP contribution in [-0.2, 0) is 9.59 Å². The van der Waals surface area contributed by atoms with E-state index in [1.54, 1.807) is 7.05 Å². The fraction of sp³-hybridized carbons (Fsp3) is 0.833. The number of rotatable bonds is 4. The molecule has 2 heterocycles. The number of amides is 2. The quantitative estimate of drug-likeness (QED) is 0.852. The number of nitrogens with one attached hydrogen (secondary N) is 1. The van der Waals surface area contributed by atoms with Crippen LogP contribution in [0.2, 0.25) is 0 Å². The van der Waals surface area contributed by atoms with Gasteiger partial charge in [0.15, 0.2) is 0 Å². The molecule has 24 heavy (non-hydrogen) atoms. The highest BCUT2D eigenvalue weighted by Gasteiger charge is 2.27. The Labute approximate surface area is 144 Å². The largest absolute Gasteiger partial charge is 0.348 e. The Morgan fingerprint density at radius 3 is 2.50 bits per heavy atom. The minimum Gasteiger partial charge on any atom is -0.348 e. The molecule has 0 radical (unpaired) electrons. The van der Waals surface area contributed by atoms with Crippen LogP contribution in [0.5, 0.6) is 0 Å². The van der Waals surface area contributed by atoms with Gasteiger partial charge in [-0.25, -0.2) is 5.01 Å². The van der Waals surface area contributed by atoms with E-state index in [9.17, 15) is 9.59 Å². The van der Waals surface area contributed by atoms with E-state index in [0.717, 1.165) is 31.8 Å². The molecule has 0 bridgehead atoms. The summed E-state index contributed by atoms with van der Waals surface area (Å²) in [6.45, 7) is 3.39. The molecule has 2 aliphatic heterocycles. The Bertz CT molecular complexity index is 491. The summed E-state index contributed by atoms with van der Waals surface area (Å²) < 4.78 is 0. The van der Waals surface area contributed by atoms with E-state index in [2.05, 4.69) is 15.3 Å². The summed E-state index contributed by atoms with van der Waals surface area (Å²) >= 11 is 0. The van der Waals surface area contributed by atoms with E-state index < -0.39 is 0 Å². The van der Waals surface area contributed by atoms with Gasteiger partial charge in [0.2, 0.25) is 5.91 Å². The highest BCUT2D eigenvalue weighted by molar-refractivity contribution is 6.39. The predicted octanol–water partition coefficient (Wildman–Crippen LogP) is 1.76. The van der Waals surface area contributed by atoms with E-state index in [0.29, 0.717) is 18.6 Å². The van der Waals surface area contributed by atoms with Crippen molar-refractivity contribution in [1.29, 1.82) is 0 Å². The molecule has 0 aromatic carbocycles. The predicted molar refractivity (Wildman–Crippen MR) is 93.6 cm³/mol. The van der Waals surface area contributed by atoms with Crippen LogP contribution in [-0.4, -0.2) is 60.2 Å². The van der Waals surface area contributed by atoms with Gasteiger partial charge >= 0.3 is 0 Å². The average molecular weight is 334 g/mol. The number of hydrogen-bond donors (Lipinski definition) is 1. The molecule has 6 heteroatoms. The van der Waals surface area contributed by atoms with Gasteiger partial charge in [0.1, 0.15) is 5.71 Å². The molecular weight excluding hydrogens is 304 g/mol. The highest BCUT2D eigenvalue weighted by Crippen LogP contribution is 2.25. The second-order valence-corrected chi connectivity index (χ2v) is 7.52. The van der Waals surface area contributed by atoms with Crippen molar-refractivity contribution >= 4 is 17.5 Å². The summed E-state index contributed by atoms with van der Waals surface area (Å²) in [5, 5.41) is 8.50. The topological polar surface area (TPSA) is 65.0 Å². The minimum absolute atomic E-state index is 0.0254. The number of nitrogens with zero attached hydrogens (tertiary/aromatic N) is 3. The van der Waals surface area contributed by atoms with Crippen molar-refractivity contribution in [3.8, 4) is 0 Å². The third-order valence-electron chi connectivity index (χ3n) is 5.63. The van der Waals surface area contributed by atoms with Gasteiger partial charge in [-0.3, -0.25) is 9.59 Å². The maximum absolute atomic E-state index is 12.3. The number of carbonyl (C=O) groups is 2. The van der Waals surface area contributed by atoms with Crippen molar-refractivity contribution in [1.82, 2.24) is 15.2 Å². The Morgan fingerprint density at radius 1 is 1.12 bits per heavy atom. The third kappa shape index (κ3) is 4.56. The molecule has 0 aromatic rings. The van der Waals surface area contributed by atoms with E-state index in [1.165, 1.54) is 43.7 Å². The molecule has 1 N–H and O–H groups in total. The fourth-order valence-electron chi connectivity index (χ4n) is 4.10. The second-order valence-electron chi connectivity index (χ2n) is 7.52. The summed E-state index contributed by atoms with van der Waals surface area (Å²) in [6.07, 6.45) is 9.85. The first-order valence-electron chi connectivity index (χ1n) is 9.49. The standard InChI is InChI=1S/C18H30N4O2/c1-21-17(23)8-7-16(20-21)18(24)19-15-9-11-22(12-10-15)13-14-5-3-2-4-6-14/h14-15H,2-13H2,1H3,(H,19,24). The number of hydrogen-bond acceptors (Lipinski definition) is 4. The van der Waals surface area contributed by atoms with Crippen molar-refractivity contribution in [2.24, 2.45) is 11.0 Å². The van der Waals surface area contributed by atoms with Crippen molar-refractivity contribution in [3.63, 3.8) is 0 Å². The monoisotopic (exact) mass is 334 g/mol. The van der Waals surface area contributed by atoms with Crippen LogP contribution >= 0.6 is 0 Å². The Kier molecular flexibility index (Phi) is 5.87. The first-order chi connectivity index (χ1) is 11.6. The summed E-state index contributed by atoms with van der Waals surface area (Å²) in [6, 6.07) is 0.241. The molecule has 0 unspecified atom stereocenters. The van der Waals surface area contributed by atoms with Gasteiger partial charge in [0.05, 0.1) is 0 Å². The Hall–Kier alpha value is -1.43. The maximum Gasteiger partial charge on any atom is 0.267 e. The molecule has 3 rings (SSSR count). The van der Waals surface area contributed by atoms with Crippen LogP contribution in [0.1, 0.15) is 57.8 Å². The molecule has 2 amide bonds.